The molecule has 0 saturated carbocycles. The van der Waals surface area contributed by atoms with Crippen molar-refractivity contribution >= 4 is 0 Å². The number of rotatable bonds is 3. The molecule has 1 fully saturated rings. The Morgan fingerprint density at radius 2 is 2.36 bits per heavy atom. The van der Waals surface area contributed by atoms with E-state index < -0.39 is 0 Å². The van der Waals surface area contributed by atoms with Gasteiger partial charge in [0.05, 0.1) is 0 Å². The topological polar surface area (TPSA) is 55.3 Å². The van der Waals surface area contributed by atoms with Gasteiger partial charge in [-0.15, -0.1) is 0 Å². The fourth-order valence-electron chi connectivity index (χ4n) is 1.69. The molecule has 1 saturated heterocycles. The van der Waals surface area contributed by atoms with Gasteiger partial charge >= 0.3 is 0 Å². The largest absolute Gasteiger partial charge is 0.329 e. The van der Waals surface area contributed by atoms with E-state index >= 15 is 0 Å². The van der Waals surface area contributed by atoms with E-state index in [-0.39, 0.29) is 6.04 Å². The van der Waals surface area contributed by atoms with Crippen molar-refractivity contribution in [3.05, 3.63) is 0 Å². The Morgan fingerprint density at radius 1 is 1.64 bits per heavy atom. The molecule has 0 spiro atoms. The van der Waals surface area contributed by atoms with Crippen LogP contribution in [0.4, 0.5) is 0 Å². The fourth-order valence-corrected chi connectivity index (χ4v) is 1.69. The van der Waals surface area contributed by atoms with Crippen molar-refractivity contribution in [3.8, 4) is 0 Å². The van der Waals surface area contributed by atoms with Gasteiger partial charge in [-0.3, -0.25) is 0 Å². The van der Waals surface area contributed by atoms with Crippen molar-refractivity contribution in [2.75, 3.05) is 26.2 Å². The lowest BCUT2D eigenvalue weighted by molar-refractivity contribution is 0.329. The molecule has 2 atom stereocenters. The molecule has 0 aliphatic carbocycles. The van der Waals surface area contributed by atoms with E-state index in [4.69, 9.17) is 11.5 Å². The number of likely N-dealkylation sites (tertiary alicyclic amines) is 1. The van der Waals surface area contributed by atoms with Gasteiger partial charge in [0, 0.05) is 19.1 Å². The monoisotopic (exact) mass is 157 g/mol. The molecule has 0 amide bonds. The van der Waals surface area contributed by atoms with Crippen molar-refractivity contribution in [2.24, 2.45) is 17.4 Å². The average Bonchev–Trinajstić information content (AvgIpc) is 2.50. The Kier molecular flexibility index (Phi) is 3.30. The first-order chi connectivity index (χ1) is 5.27. The fraction of sp³-hybridized carbons (Fsp3) is 1.00. The van der Waals surface area contributed by atoms with E-state index in [0.29, 0.717) is 12.5 Å². The van der Waals surface area contributed by atoms with E-state index in [9.17, 15) is 0 Å². The summed E-state index contributed by atoms with van der Waals surface area (Å²) in [7, 11) is 0. The minimum absolute atomic E-state index is 0.214. The molecule has 1 rings (SSSR count). The van der Waals surface area contributed by atoms with Gasteiger partial charge in [0.2, 0.25) is 0 Å². The molecule has 0 aromatic carbocycles. The lowest BCUT2D eigenvalue weighted by atomic mass is 10.0. The maximum Gasteiger partial charge on any atom is 0.0204 e. The molecule has 4 N–H and O–H groups in total. The molecule has 3 heteroatoms. The van der Waals surface area contributed by atoms with E-state index in [0.717, 1.165) is 13.1 Å². The average molecular weight is 157 g/mol. The van der Waals surface area contributed by atoms with Gasteiger partial charge in [0.1, 0.15) is 0 Å². The summed E-state index contributed by atoms with van der Waals surface area (Å²) in [5, 5.41) is 0. The van der Waals surface area contributed by atoms with Crippen molar-refractivity contribution < 1.29 is 0 Å². The molecule has 2 unspecified atom stereocenters. The van der Waals surface area contributed by atoms with E-state index in [1.807, 2.05) is 0 Å². The zero-order chi connectivity index (χ0) is 8.27. The number of nitrogens with zero attached hydrogens (tertiary/aromatic N) is 1. The van der Waals surface area contributed by atoms with Gasteiger partial charge in [-0.1, -0.05) is 6.92 Å². The van der Waals surface area contributed by atoms with Crippen LogP contribution in [-0.4, -0.2) is 37.1 Å². The standard InChI is InChI=1S/C8H19N3/c1-2-11-4-3-7(6-11)8(10)5-9/h7-8H,2-6,9-10H2,1H3. The maximum absolute atomic E-state index is 5.84. The van der Waals surface area contributed by atoms with Crippen LogP contribution in [0.3, 0.4) is 0 Å². The first-order valence-corrected chi connectivity index (χ1v) is 4.46. The summed E-state index contributed by atoms with van der Waals surface area (Å²) in [5.74, 6) is 0.639. The zero-order valence-corrected chi connectivity index (χ0v) is 7.29. The summed E-state index contributed by atoms with van der Waals surface area (Å²) in [5.41, 5.74) is 11.3. The first-order valence-electron chi connectivity index (χ1n) is 4.46. The van der Waals surface area contributed by atoms with Crippen LogP contribution < -0.4 is 11.5 Å². The van der Waals surface area contributed by atoms with Crippen LogP contribution in [0, 0.1) is 5.92 Å². The second-order valence-electron chi connectivity index (χ2n) is 3.34. The summed E-state index contributed by atoms with van der Waals surface area (Å²) >= 11 is 0. The maximum atomic E-state index is 5.84. The molecule has 1 heterocycles. The predicted octanol–water partition coefficient (Wildman–Crippen LogP) is -0.386. The van der Waals surface area contributed by atoms with Crippen LogP contribution in [-0.2, 0) is 0 Å². The van der Waals surface area contributed by atoms with Gasteiger partial charge in [-0.05, 0) is 25.4 Å². The second-order valence-corrected chi connectivity index (χ2v) is 3.34. The lowest BCUT2D eigenvalue weighted by Crippen LogP contribution is -2.38. The van der Waals surface area contributed by atoms with Crippen LogP contribution in [0.15, 0.2) is 0 Å². The molecule has 11 heavy (non-hydrogen) atoms. The normalized spacial score (nSPS) is 29.2. The highest BCUT2D eigenvalue weighted by Gasteiger charge is 2.25. The molecule has 66 valence electrons. The quantitative estimate of drug-likeness (QED) is 0.587. The van der Waals surface area contributed by atoms with Gasteiger partial charge in [-0.25, -0.2) is 0 Å². The van der Waals surface area contributed by atoms with Crippen LogP contribution in [0.25, 0.3) is 0 Å². The SMILES string of the molecule is CCN1CCC(C(N)CN)C1. The minimum atomic E-state index is 0.214. The van der Waals surface area contributed by atoms with Gasteiger partial charge in [-0.2, -0.15) is 0 Å². The minimum Gasteiger partial charge on any atom is -0.329 e. The van der Waals surface area contributed by atoms with E-state index in [1.54, 1.807) is 0 Å². The van der Waals surface area contributed by atoms with Crippen molar-refractivity contribution in [1.82, 2.24) is 4.90 Å². The van der Waals surface area contributed by atoms with Crippen LogP contribution in [0.5, 0.6) is 0 Å². The molecule has 0 aromatic rings. The third-order valence-electron chi connectivity index (χ3n) is 2.63. The summed E-state index contributed by atoms with van der Waals surface area (Å²) in [6.07, 6.45) is 1.23. The summed E-state index contributed by atoms with van der Waals surface area (Å²) in [6, 6.07) is 0.214. The van der Waals surface area contributed by atoms with Gasteiger partial charge in [0.25, 0.3) is 0 Å². The smallest absolute Gasteiger partial charge is 0.0204 e. The van der Waals surface area contributed by atoms with Crippen molar-refractivity contribution in [1.29, 1.82) is 0 Å². The Morgan fingerprint density at radius 3 is 2.82 bits per heavy atom. The summed E-state index contributed by atoms with van der Waals surface area (Å²) in [6.45, 7) is 6.32. The summed E-state index contributed by atoms with van der Waals surface area (Å²) in [4.78, 5) is 2.43. The molecule has 0 bridgehead atoms. The van der Waals surface area contributed by atoms with E-state index in [1.165, 1.54) is 13.0 Å². The molecule has 0 radical (unpaired) electrons. The van der Waals surface area contributed by atoms with Crippen LogP contribution >= 0.6 is 0 Å². The summed E-state index contributed by atoms with van der Waals surface area (Å²) < 4.78 is 0. The number of hydrogen-bond donors (Lipinski definition) is 2. The predicted molar refractivity (Wildman–Crippen MR) is 47.3 cm³/mol. The third kappa shape index (κ3) is 2.15. The molecule has 1 aliphatic rings. The zero-order valence-electron chi connectivity index (χ0n) is 7.29. The Labute approximate surface area is 68.7 Å². The molecule has 0 aromatic heterocycles. The van der Waals surface area contributed by atoms with Crippen LogP contribution in [0.1, 0.15) is 13.3 Å². The third-order valence-corrected chi connectivity index (χ3v) is 2.63. The molecule has 1 aliphatic heterocycles. The molecular weight excluding hydrogens is 138 g/mol. The van der Waals surface area contributed by atoms with Crippen LogP contribution in [0.2, 0.25) is 0 Å². The highest BCUT2D eigenvalue weighted by atomic mass is 15.1. The number of nitrogens with two attached hydrogens (primary N) is 2. The molecule has 3 nitrogen and oxygen atoms in total. The van der Waals surface area contributed by atoms with Gasteiger partial charge in [0.15, 0.2) is 0 Å². The second kappa shape index (κ2) is 4.04. The molecular formula is C8H19N3. The Balaban J connectivity index is 2.29. The number of hydrogen-bond acceptors (Lipinski definition) is 3. The van der Waals surface area contributed by atoms with E-state index in [2.05, 4.69) is 11.8 Å². The highest BCUT2D eigenvalue weighted by molar-refractivity contribution is 4.82. The van der Waals surface area contributed by atoms with Gasteiger partial charge < -0.3 is 16.4 Å². The lowest BCUT2D eigenvalue weighted by Gasteiger charge is -2.17. The highest BCUT2D eigenvalue weighted by Crippen LogP contribution is 2.17. The Bertz CT molecular complexity index is 116. The van der Waals surface area contributed by atoms with Crippen molar-refractivity contribution in [3.63, 3.8) is 0 Å². The first kappa shape index (κ1) is 8.97. The van der Waals surface area contributed by atoms with Crippen molar-refractivity contribution in [2.45, 2.75) is 19.4 Å². The Hall–Kier alpha value is -0.120.